The van der Waals surface area contributed by atoms with Gasteiger partial charge in [-0.2, -0.15) is 0 Å². The van der Waals surface area contributed by atoms with Gasteiger partial charge in [-0.05, 0) is 42.4 Å². The Hall–Kier alpha value is -0.0800. The van der Waals surface area contributed by atoms with Gasteiger partial charge in [0.05, 0.1) is 0 Å². The summed E-state index contributed by atoms with van der Waals surface area (Å²) in [4.78, 5) is 2.93. The van der Waals surface area contributed by atoms with Crippen LogP contribution >= 0.6 is 0 Å². The van der Waals surface area contributed by atoms with Crippen molar-refractivity contribution in [1.82, 2.24) is 10.2 Å². The predicted octanol–water partition coefficient (Wildman–Crippen LogP) is 3.52. The smallest absolute Gasteiger partial charge is 0.0247 e. The maximum atomic E-state index is 3.85. The highest BCUT2D eigenvalue weighted by Crippen LogP contribution is 2.48. The maximum absolute atomic E-state index is 3.85. The molecule has 2 heteroatoms. The van der Waals surface area contributed by atoms with Crippen molar-refractivity contribution in [3.8, 4) is 0 Å². The highest BCUT2D eigenvalue weighted by atomic mass is 15.3. The highest BCUT2D eigenvalue weighted by Gasteiger charge is 2.46. The number of nitrogens with one attached hydrogen (secondary N) is 1. The van der Waals surface area contributed by atoms with Gasteiger partial charge in [-0.3, -0.25) is 4.90 Å². The van der Waals surface area contributed by atoms with Gasteiger partial charge >= 0.3 is 0 Å². The van der Waals surface area contributed by atoms with Crippen molar-refractivity contribution in [3.63, 3.8) is 0 Å². The molecule has 20 heavy (non-hydrogen) atoms. The Morgan fingerprint density at radius 2 is 1.85 bits per heavy atom. The largest absolute Gasteiger partial charge is 0.311 e. The molecular weight excluding hydrogens is 244 g/mol. The van der Waals surface area contributed by atoms with Crippen LogP contribution in [0.5, 0.6) is 0 Å². The molecule has 1 saturated heterocycles. The molecule has 0 aromatic heterocycles. The third-order valence-corrected chi connectivity index (χ3v) is 6.33. The van der Waals surface area contributed by atoms with Gasteiger partial charge in [0.15, 0.2) is 0 Å². The number of nitrogens with zero attached hydrogens (tertiary/aromatic N) is 1. The van der Waals surface area contributed by atoms with E-state index in [9.17, 15) is 0 Å². The molecule has 2 nitrogen and oxygen atoms in total. The zero-order valence-electron chi connectivity index (χ0n) is 14.2. The molecular formula is C18H34N2. The second-order valence-electron chi connectivity index (χ2n) is 9.08. The molecule has 3 rings (SSSR count). The van der Waals surface area contributed by atoms with Gasteiger partial charge in [0, 0.05) is 31.2 Å². The normalized spacial score (nSPS) is 42.6. The fourth-order valence-electron chi connectivity index (χ4n) is 4.99. The SMILES string of the molecule is CC(C)C1CNC(C(C)(C)C)CN1C1CC2CCC1C2. The van der Waals surface area contributed by atoms with Crippen LogP contribution in [0.2, 0.25) is 0 Å². The van der Waals surface area contributed by atoms with Crippen molar-refractivity contribution < 1.29 is 0 Å². The van der Waals surface area contributed by atoms with E-state index in [2.05, 4.69) is 44.8 Å². The zero-order valence-corrected chi connectivity index (χ0v) is 14.2. The van der Waals surface area contributed by atoms with Crippen LogP contribution in [0.25, 0.3) is 0 Å². The summed E-state index contributed by atoms with van der Waals surface area (Å²) in [5.41, 5.74) is 0.373. The number of piperazine rings is 1. The van der Waals surface area contributed by atoms with Crippen LogP contribution in [0.3, 0.4) is 0 Å². The fraction of sp³-hybridized carbons (Fsp3) is 1.00. The Kier molecular flexibility index (Phi) is 3.92. The lowest BCUT2D eigenvalue weighted by atomic mass is 9.81. The first-order valence-corrected chi connectivity index (χ1v) is 8.85. The molecule has 5 atom stereocenters. The van der Waals surface area contributed by atoms with Crippen molar-refractivity contribution in [2.75, 3.05) is 13.1 Å². The summed E-state index contributed by atoms with van der Waals surface area (Å²) in [6.45, 7) is 14.4. The van der Waals surface area contributed by atoms with E-state index in [0.29, 0.717) is 11.5 Å². The van der Waals surface area contributed by atoms with Gasteiger partial charge < -0.3 is 5.32 Å². The van der Waals surface area contributed by atoms with Crippen LogP contribution in [0.4, 0.5) is 0 Å². The number of hydrogen-bond donors (Lipinski definition) is 1. The van der Waals surface area contributed by atoms with E-state index in [1.807, 2.05) is 0 Å². The quantitative estimate of drug-likeness (QED) is 0.831. The zero-order chi connectivity index (χ0) is 14.5. The Morgan fingerprint density at radius 3 is 2.35 bits per heavy atom. The molecule has 2 bridgehead atoms. The van der Waals surface area contributed by atoms with E-state index < -0.39 is 0 Å². The molecule has 116 valence electrons. The van der Waals surface area contributed by atoms with Crippen molar-refractivity contribution >= 4 is 0 Å². The van der Waals surface area contributed by atoms with E-state index in [4.69, 9.17) is 0 Å². The maximum Gasteiger partial charge on any atom is 0.0247 e. The molecule has 3 fully saturated rings. The average Bonchev–Trinajstić information content (AvgIpc) is 2.99. The minimum atomic E-state index is 0.373. The van der Waals surface area contributed by atoms with E-state index in [1.165, 1.54) is 38.8 Å². The molecule has 3 aliphatic rings. The molecule has 2 saturated carbocycles. The third kappa shape index (κ3) is 2.66. The van der Waals surface area contributed by atoms with Gasteiger partial charge in [-0.1, -0.05) is 41.0 Å². The molecule has 0 aromatic rings. The molecule has 0 amide bonds. The Morgan fingerprint density at radius 1 is 1.10 bits per heavy atom. The summed E-state index contributed by atoms with van der Waals surface area (Å²) in [6.07, 6.45) is 6.04. The summed E-state index contributed by atoms with van der Waals surface area (Å²) in [5, 5.41) is 3.85. The van der Waals surface area contributed by atoms with Crippen LogP contribution < -0.4 is 5.32 Å². The Labute approximate surface area is 125 Å². The van der Waals surface area contributed by atoms with E-state index in [1.54, 1.807) is 0 Å². The highest BCUT2D eigenvalue weighted by molar-refractivity contribution is 5.02. The van der Waals surface area contributed by atoms with Gasteiger partial charge in [-0.25, -0.2) is 0 Å². The number of fused-ring (bicyclic) bond motifs is 2. The average molecular weight is 278 g/mol. The lowest BCUT2D eigenvalue weighted by molar-refractivity contribution is 0.01000. The fourth-order valence-corrected chi connectivity index (χ4v) is 4.99. The number of hydrogen-bond acceptors (Lipinski definition) is 2. The van der Waals surface area contributed by atoms with Crippen LogP contribution in [-0.4, -0.2) is 36.1 Å². The first-order valence-electron chi connectivity index (χ1n) is 8.85. The van der Waals surface area contributed by atoms with Gasteiger partial charge in [0.1, 0.15) is 0 Å². The summed E-state index contributed by atoms with van der Waals surface area (Å²) in [5.74, 6) is 2.84. The lowest BCUT2D eigenvalue weighted by Gasteiger charge is -2.50. The van der Waals surface area contributed by atoms with Crippen molar-refractivity contribution in [2.24, 2.45) is 23.2 Å². The molecule has 1 aliphatic heterocycles. The van der Waals surface area contributed by atoms with Gasteiger partial charge in [0.2, 0.25) is 0 Å². The van der Waals surface area contributed by atoms with Crippen molar-refractivity contribution in [1.29, 1.82) is 0 Å². The van der Waals surface area contributed by atoms with Gasteiger partial charge in [-0.15, -0.1) is 0 Å². The van der Waals surface area contributed by atoms with Gasteiger partial charge in [0.25, 0.3) is 0 Å². The van der Waals surface area contributed by atoms with Crippen LogP contribution in [0.1, 0.15) is 60.3 Å². The topological polar surface area (TPSA) is 15.3 Å². The summed E-state index contributed by atoms with van der Waals surface area (Å²) in [7, 11) is 0. The Balaban J connectivity index is 1.76. The molecule has 0 radical (unpaired) electrons. The van der Waals surface area contributed by atoms with Crippen LogP contribution in [0.15, 0.2) is 0 Å². The first-order chi connectivity index (χ1) is 9.36. The minimum absolute atomic E-state index is 0.373. The van der Waals surface area contributed by atoms with Crippen LogP contribution in [0, 0.1) is 23.2 Å². The lowest BCUT2D eigenvalue weighted by Crippen LogP contribution is -2.64. The summed E-state index contributed by atoms with van der Waals surface area (Å²) in [6, 6.07) is 2.29. The molecule has 5 unspecified atom stereocenters. The van der Waals surface area contributed by atoms with Crippen molar-refractivity contribution in [2.45, 2.75) is 78.4 Å². The summed E-state index contributed by atoms with van der Waals surface area (Å²) >= 11 is 0. The molecule has 1 N–H and O–H groups in total. The second-order valence-corrected chi connectivity index (χ2v) is 9.08. The monoisotopic (exact) mass is 278 g/mol. The minimum Gasteiger partial charge on any atom is -0.311 e. The molecule has 0 spiro atoms. The molecule has 2 aliphatic carbocycles. The third-order valence-electron chi connectivity index (χ3n) is 6.33. The van der Waals surface area contributed by atoms with Crippen molar-refractivity contribution in [3.05, 3.63) is 0 Å². The van der Waals surface area contributed by atoms with E-state index in [-0.39, 0.29) is 0 Å². The predicted molar refractivity (Wildman–Crippen MR) is 85.8 cm³/mol. The standard InChI is InChI=1S/C18H34N2/c1-12(2)16-10-19-17(18(3,4)5)11-20(16)15-9-13-6-7-14(15)8-13/h12-17,19H,6-11H2,1-5H3. The Bertz CT molecular complexity index is 344. The second kappa shape index (κ2) is 5.28. The molecule has 1 heterocycles. The molecule has 0 aromatic carbocycles. The van der Waals surface area contributed by atoms with Crippen LogP contribution in [-0.2, 0) is 0 Å². The first kappa shape index (κ1) is 14.8. The summed E-state index contributed by atoms with van der Waals surface area (Å²) < 4.78 is 0. The number of rotatable bonds is 2. The van der Waals surface area contributed by atoms with E-state index in [0.717, 1.165) is 29.8 Å². The van der Waals surface area contributed by atoms with E-state index >= 15 is 0 Å².